The Labute approximate surface area is 126 Å². The van der Waals surface area contributed by atoms with Crippen molar-refractivity contribution in [3.05, 3.63) is 28.8 Å². The van der Waals surface area contributed by atoms with Crippen LogP contribution >= 0.6 is 0 Å². The second kappa shape index (κ2) is 5.90. The number of rotatable bonds is 5. The maximum atomic E-state index is 14.4. The van der Waals surface area contributed by atoms with Crippen LogP contribution in [-0.2, 0) is 17.6 Å². The summed E-state index contributed by atoms with van der Waals surface area (Å²) in [4.78, 5) is 21.4. The predicted octanol–water partition coefficient (Wildman–Crippen LogP) is 2.30. The van der Waals surface area contributed by atoms with Gasteiger partial charge in [-0.15, -0.1) is 0 Å². The molecule has 2 N–H and O–H groups in total. The molecule has 1 aromatic carbocycles. The molecular weight excluding hydrogens is 296 g/mol. The zero-order valence-electron chi connectivity index (χ0n) is 12.3. The maximum absolute atomic E-state index is 14.4. The van der Waals surface area contributed by atoms with Crippen LogP contribution in [0.15, 0.2) is 6.07 Å². The van der Waals surface area contributed by atoms with Gasteiger partial charge < -0.3 is 20.0 Å². The molecule has 1 unspecified atom stereocenters. The zero-order chi connectivity index (χ0) is 16.5. The topological polar surface area (TPSA) is 75.6 Å². The molecule has 0 spiro atoms. The maximum Gasteiger partial charge on any atom is 0.405 e. The Morgan fingerprint density at radius 2 is 2.09 bits per heavy atom. The van der Waals surface area contributed by atoms with E-state index in [-0.39, 0.29) is 36.3 Å². The van der Waals surface area contributed by atoms with E-state index in [0.717, 1.165) is 6.07 Å². The Hall–Kier alpha value is -2.18. The van der Waals surface area contributed by atoms with E-state index in [0.29, 0.717) is 6.29 Å². The summed E-state index contributed by atoms with van der Waals surface area (Å²) in [6.45, 7) is 2.96. The van der Waals surface area contributed by atoms with Gasteiger partial charge in [0.2, 0.25) is 0 Å². The number of amides is 1. The Balaban J connectivity index is 2.19. The zero-order valence-corrected chi connectivity index (χ0v) is 12.3. The molecule has 0 fully saturated rings. The fourth-order valence-corrected chi connectivity index (χ4v) is 2.51. The van der Waals surface area contributed by atoms with Gasteiger partial charge in [0.05, 0.1) is 5.54 Å². The molecule has 120 valence electrons. The van der Waals surface area contributed by atoms with E-state index in [1.54, 1.807) is 13.8 Å². The van der Waals surface area contributed by atoms with Crippen molar-refractivity contribution in [3.8, 4) is 5.75 Å². The van der Waals surface area contributed by atoms with Gasteiger partial charge in [0.25, 0.3) is 0 Å². The first-order valence-electron chi connectivity index (χ1n) is 6.82. The van der Waals surface area contributed by atoms with Crippen LogP contribution in [0.25, 0.3) is 0 Å². The lowest BCUT2D eigenvalue weighted by Crippen LogP contribution is -2.47. The number of hydrogen-bond acceptors (Lipinski definition) is 3. The van der Waals surface area contributed by atoms with E-state index in [2.05, 4.69) is 5.32 Å². The molecule has 1 atom stereocenters. The van der Waals surface area contributed by atoms with Crippen molar-refractivity contribution in [2.75, 3.05) is 6.61 Å². The second-order valence-corrected chi connectivity index (χ2v) is 6.03. The van der Waals surface area contributed by atoms with Crippen LogP contribution in [0, 0.1) is 17.6 Å². The predicted molar refractivity (Wildman–Crippen MR) is 74.1 cm³/mol. The molecule has 22 heavy (non-hydrogen) atoms. The highest BCUT2D eigenvalue weighted by atomic mass is 19.1. The average Bonchev–Trinajstić information content (AvgIpc) is 2.85. The molecule has 1 aromatic rings. The second-order valence-electron chi connectivity index (χ2n) is 6.03. The molecule has 0 aromatic heterocycles. The number of carboxylic acid groups (broad SMARTS) is 1. The molecule has 0 radical (unpaired) electrons. The highest BCUT2D eigenvalue weighted by Gasteiger charge is 2.30. The Kier molecular flexibility index (Phi) is 4.35. The summed E-state index contributed by atoms with van der Waals surface area (Å²) in [5, 5.41) is 10.9. The fraction of sp³-hybridized carbons (Fsp3) is 0.467. The highest BCUT2D eigenvalue weighted by Crippen LogP contribution is 2.35. The van der Waals surface area contributed by atoms with E-state index in [1.807, 2.05) is 0 Å². The largest absolute Gasteiger partial charge is 0.488 e. The standard InChI is InChI=1S/C15H17F2NO4/c1-15(2,18-14(20)21)7-22-12-5-11(16)9-3-8(6-19)4-10(9)13(12)17/h5-6,8,18H,3-4,7H2,1-2H3,(H,20,21). The minimum absolute atomic E-state index is 0.148. The summed E-state index contributed by atoms with van der Waals surface area (Å²) >= 11 is 0. The summed E-state index contributed by atoms with van der Waals surface area (Å²) < 4.78 is 33.6. The van der Waals surface area contributed by atoms with Gasteiger partial charge in [0.15, 0.2) is 11.6 Å². The molecule has 0 saturated heterocycles. The molecule has 0 heterocycles. The Morgan fingerprint density at radius 1 is 1.45 bits per heavy atom. The summed E-state index contributed by atoms with van der Waals surface area (Å²) in [6, 6.07) is 0.943. The van der Waals surface area contributed by atoms with Crippen LogP contribution in [0.3, 0.4) is 0 Å². The minimum Gasteiger partial charge on any atom is -0.488 e. The molecule has 1 amide bonds. The molecule has 0 aliphatic heterocycles. The van der Waals surface area contributed by atoms with Crippen LogP contribution in [0.2, 0.25) is 0 Å². The molecular formula is C15H17F2NO4. The van der Waals surface area contributed by atoms with E-state index in [1.165, 1.54) is 0 Å². The van der Waals surface area contributed by atoms with Crippen LogP contribution in [0.5, 0.6) is 5.75 Å². The van der Waals surface area contributed by atoms with Crippen molar-refractivity contribution < 1.29 is 28.2 Å². The number of hydrogen-bond donors (Lipinski definition) is 2. The van der Waals surface area contributed by atoms with Gasteiger partial charge in [0.1, 0.15) is 18.7 Å². The van der Waals surface area contributed by atoms with Gasteiger partial charge >= 0.3 is 6.09 Å². The Morgan fingerprint density at radius 3 is 2.68 bits per heavy atom. The third-order valence-electron chi connectivity index (χ3n) is 3.55. The SMILES string of the molecule is CC(C)(COc1cc(F)c2c(c1F)CC(C=O)C2)NC(=O)O. The van der Waals surface area contributed by atoms with Crippen LogP contribution in [0.1, 0.15) is 25.0 Å². The van der Waals surface area contributed by atoms with Crippen molar-refractivity contribution in [2.24, 2.45) is 5.92 Å². The molecule has 1 aliphatic carbocycles. The van der Waals surface area contributed by atoms with E-state index >= 15 is 0 Å². The first kappa shape index (κ1) is 16.2. The van der Waals surface area contributed by atoms with Crippen molar-refractivity contribution >= 4 is 12.4 Å². The summed E-state index contributed by atoms with van der Waals surface area (Å²) in [5.74, 6) is -1.99. The van der Waals surface area contributed by atoms with Gasteiger partial charge in [-0.2, -0.15) is 0 Å². The van der Waals surface area contributed by atoms with E-state index < -0.39 is 29.2 Å². The van der Waals surface area contributed by atoms with Crippen LogP contribution in [-0.4, -0.2) is 29.6 Å². The summed E-state index contributed by atoms with van der Waals surface area (Å²) in [5.41, 5.74) is -0.583. The van der Waals surface area contributed by atoms with Crippen molar-refractivity contribution in [1.82, 2.24) is 5.32 Å². The fourth-order valence-electron chi connectivity index (χ4n) is 2.51. The smallest absolute Gasteiger partial charge is 0.405 e. The van der Waals surface area contributed by atoms with E-state index in [4.69, 9.17) is 9.84 Å². The third kappa shape index (κ3) is 3.35. The first-order chi connectivity index (χ1) is 10.2. The van der Waals surface area contributed by atoms with Gasteiger partial charge in [0, 0.05) is 12.0 Å². The molecule has 2 rings (SSSR count). The van der Waals surface area contributed by atoms with Crippen molar-refractivity contribution in [1.29, 1.82) is 0 Å². The number of halogens is 2. The van der Waals surface area contributed by atoms with Gasteiger partial charge in [-0.25, -0.2) is 13.6 Å². The lowest BCUT2D eigenvalue weighted by atomic mass is 10.1. The van der Waals surface area contributed by atoms with Crippen LogP contribution in [0.4, 0.5) is 13.6 Å². The van der Waals surface area contributed by atoms with Crippen molar-refractivity contribution in [3.63, 3.8) is 0 Å². The first-order valence-corrected chi connectivity index (χ1v) is 6.82. The average molecular weight is 313 g/mol. The minimum atomic E-state index is -1.23. The monoisotopic (exact) mass is 313 g/mol. The molecule has 0 bridgehead atoms. The number of carbonyl (C=O) groups excluding carboxylic acids is 1. The molecule has 0 saturated carbocycles. The lowest BCUT2D eigenvalue weighted by Gasteiger charge is -2.25. The number of ether oxygens (including phenoxy) is 1. The number of aldehydes is 1. The van der Waals surface area contributed by atoms with Gasteiger partial charge in [-0.05, 0) is 37.8 Å². The number of fused-ring (bicyclic) bond motifs is 1. The van der Waals surface area contributed by atoms with E-state index in [9.17, 15) is 18.4 Å². The van der Waals surface area contributed by atoms with Crippen molar-refractivity contribution in [2.45, 2.75) is 32.2 Å². The Bertz CT molecular complexity index is 616. The third-order valence-corrected chi connectivity index (χ3v) is 3.55. The molecule has 1 aliphatic rings. The highest BCUT2D eigenvalue weighted by molar-refractivity contribution is 5.65. The summed E-state index contributed by atoms with van der Waals surface area (Å²) in [7, 11) is 0. The van der Waals surface area contributed by atoms with Gasteiger partial charge in [-0.1, -0.05) is 0 Å². The van der Waals surface area contributed by atoms with Crippen LogP contribution < -0.4 is 10.1 Å². The number of nitrogens with one attached hydrogen (secondary N) is 1. The normalized spacial score (nSPS) is 17.0. The molecule has 5 nitrogen and oxygen atoms in total. The lowest BCUT2D eigenvalue weighted by molar-refractivity contribution is -0.110. The number of benzene rings is 1. The molecule has 7 heteroatoms. The summed E-state index contributed by atoms with van der Waals surface area (Å²) in [6.07, 6.45) is -0.203. The quantitative estimate of drug-likeness (QED) is 0.818. The van der Waals surface area contributed by atoms with Gasteiger partial charge in [-0.3, -0.25) is 0 Å². The number of carbonyl (C=O) groups is 2.